The van der Waals surface area contributed by atoms with E-state index in [1.54, 1.807) is 34.0 Å². The molecule has 0 bridgehead atoms. The number of nitro benzene ring substituents is 1. The van der Waals surface area contributed by atoms with Crippen LogP contribution in [0.5, 0.6) is 0 Å². The smallest absolute Gasteiger partial charge is 0.282 e. The van der Waals surface area contributed by atoms with Gasteiger partial charge in [0.1, 0.15) is 11.4 Å². The molecule has 23 heavy (non-hydrogen) atoms. The fourth-order valence-electron chi connectivity index (χ4n) is 3.18. The highest BCUT2D eigenvalue weighted by Gasteiger charge is 2.35. The molecular formula is C16H18N4O3. The Morgan fingerprint density at radius 3 is 2.74 bits per heavy atom. The molecule has 0 aliphatic carbocycles. The standard InChI is InChI=1S/C16H18N4O3/c1-10-4-5-14(20(22)23)13(8-10)16(21)18-11(2)9-12(3)19-15(18)6-7-17-19/h4-8,11-12H,9H2,1-3H3. The van der Waals surface area contributed by atoms with Crippen LogP contribution in [0.15, 0.2) is 30.5 Å². The molecular weight excluding hydrogens is 296 g/mol. The maximum Gasteiger partial charge on any atom is 0.282 e. The molecule has 3 rings (SSSR count). The molecule has 0 saturated carbocycles. The molecule has 1 amide bonds. The van der Waals surface area contributed by atoms with Crippen molar-refractivity contribution in [2.75, 3.05) is 4.90 Å². The van der Waals surface area contributed by atoms with Gasteiger partial charge in [-0.05, 0) is 38.8 Å². The fraction of sp³-hybridized carbons (Fsp3) is 0.375. The summed E-state index contributed by atoms with van der Waals surface area (Å²) in [5.41, 5.74) is 0.757. The number of nitrogens with zero attached hydrogens (tertiary/aromatic N) is 4. The molecule has 0 N–H and O–H groups in total. The van der Waals surface area contributed by atoms with E-state index in [0.29, 0.717) is 5.82 Å². The molecule has 7 heteroatoms. The lowest BCUT2D eigenvalue weighted by molar-refractivity contribution is -0.385. The number of benzene rings is 1. The molecule has 0 saturated heterocycles. The minimum absolute atomic E-state index is 0.0539. The van der Waals surface area contributed by atoms with Crippen molar-refractivity contribution < 1.29 is 9.72 Å². The van der Waals surface area contributed by atoms with Crippen molar-refractivity contribution in [3.8, 4) is 0 Å². The first-order valence-electron chi connectivity index (χ1n) is 7.52. The third kappa shape index (κ3) is 2.48. The van der Waals surface area contributed by atoms with E-state index in [4.69, 9.17) is 0 Å². The largest absolute Gasteiger partial charge is 0.290 e. The Morgan fingerprint density at radius 1 is 1.30 bits per heavy atom. The van der Waals surface area contributed by atoms with Gasteiger partial charge in [0.15, 0.2) is 0 Å². The molecule has 120 valence electrons. The highest BCUT2D eigenvalue weighted by Crippen LogP contribution is 2.33. The van der Waals surface area contributed by atoms with Crippen LogP contribution in [0.25, 0.3) is 0 Å². The van der Waals surface area contributed by atoms with Crippen LogP contribution in [0.3, 0.4) is 0 Å². The van der Waals surface area contributed by atoms with Gasteiger partial charge in [0.2, 0.25) is 0 Å². The molecule has 0 fully saturated rings. The van der Waals surface area contributed by atoms with Crippen LogP contribution in [-0.2, 0) is 0 Å². The van der Waals surface area contributed by atoms with Crippen molar-refractivity contribution in [1.82, 2.24) is 9.78 Å². The minimum Gasteiger partial charge on any atom is -0.290 e. The normalized spacial score (nSPS) is 20.2. The number of carbonyl (C=O) groups is 1. The number of aromatic nitrogens is 2. The van der Waals surface area contributed by atoms with Gasteiger partial charge < -0.3 is 0 Å². The van der Waals surface area contributed by atoms with Crippen LogP contribution in [0.1, 0.15) is 42.2 Å². The highest BCUT2D eigenvalue weighted by atomic mass is 16.6. The molecule has 1 aromatic carbocycles. The van der Waals surface area contributed by atoms with Gasteiger partial charge in [0.05, 0.1) is 17.2 Å². The Kier molecular flexibility index (Phi) is 3.63. The van der Waals surface area contributed by atoms with Gasteiger partial charge in [0, 0.05) is 18.2 Å². The maximum absolute atomic E-state index is 13.0. The number of aryl methyl sites for hydroxylation is 1. The number of amides is 1. The topological polar surface area (TPSA) is 81.3 Å². The first-order valence-corrected chi connectivity index (χ1v) is 7.52. The van der Waals surface area contributed by atoms with Gasteiger partial charge in [-0.15, -0.1) is 0 Å². The number of hydrogen-bond acceptors (Lipinski definition) is 4. The monoisotopic (exact) mass is 314 g/mol. The number of nitro groups is 1. The summed E-state index contributed by atoms with van der Waals surface area (Å²) < 4.78 is 1.79. The summed E-state index contributed by atoms with van der Waals surface area (Å²) in [6, 6.07) is 6.50. The Balaban J connectivity index is 2.10. The summed E-state index contributed by atoms with van der Waals surface area (Å²) in [6.45, 7) is 5.81. The van der Waals surface area contributed by atoms with Crippen molar-refractivity contribution in [2.45, 2.75) is 39.3 Å². The van der Waals surface area contributed by atoms with E-state index in [2.05, 4.69) is 5.10 Å². The van der Waals surface area contributed by atoms with Crippen LogP contribution in [0, 0.1) is 17.0 Å². The summed E-state index contributed by atoms with van der Waals surface area (Å²) in [6.07, 6.45) is 2.40. The first-order chi connectivity index (χ1) is 10.9. The fourth-order valence-corrected chi connectivity index (χ4v) is 3.18. The number of anilines is 1. The zero-order valence-corrected chi connectivity index (χ0v) is 13.3. The second kappa shape index (κ2) is 5.49. The van der Waals surface area contributed by atoms with Crippen LogP contribution in [-0.4, -0.2) is 26.7 Å². The zero-order valence-electron chi connectivity index (χ0n) is 13.3. The molecule has 2 aromatic rings. The van der Waals surface area contributed by atoms with Gasteiger partial charge >= 0.3 is 0 Å². The second-order valence-electron chi connectivity index (χ2n) is 6.02. The van der Waals surface area contributed by atoms with Crippen LogP contribution in [0.2, 0.25) is 0 Å². The molecule has 1 aromatic heterocycles. The molecule has 2 unspecified atom stereocenters. The highest BCUT2D eigenvalue weighted by molar-refractivity contribution is 6.08. The summed E-state index contributed by atoms with van der Waals surface area (Å²) in [7, 11) is 0. The minimum atomic E-state index is -0.513. The Labute approximate surface area is 133 Å². The molecule has 7 nitrogen and oxygen atoms in total. The van der Waals surface area contributed by atoms with Gasteiger partial charge in [0.25, 0.3) is 11.6 Å². The zero-order chi connectivity index (χ0) is 16.7. The summed E-state index contributed by atoms with van der Waals surface area (Å²) >= 11 is 0. The molecule has 2 atom stereocenters. The average Bonchev–Trinajstić information content (AvgIpc) is 2.96. The molecule has 0 spiro atoms. The molecule has 1 aliphatic rings. The van der Waals surface area contributed by atoms with Gasteiger partial charge in [-0.3, -0.25) is 19.8 Å². The van der Waals surface area contributed by atoms with E-state index in [0.717, 1.165) is 12.0 Å². The van der Waals surface area contributed by atoms with Crippen molar-refractivity contribution in [3.63, 3.8) is 0 Å². The predicted molar refractivity (Wildman–Crippen MR) is 85.7 cm³/mol. The predicted octanol–water partition coefficient (Wildman–Crippen LogP) is 3.10. The lowest BCUT2D eigenvalue weighted by Crippen LogP contribution is -2.45. The van der Waals surface area contributed by atoms with Crippen LogP contribution >= 0.6 is 0 Å². The third-order valence-electron chi connectivity index (χ3n) is 4.23. The first kappa shape index (κ1) is 15.2. The van der Waals surface area contributed by atoms with E-state index in [1.807, 2.05) is 20.8 Å². The summed E-state index contributed by atoms with van der Waals surface area (Å²) in [5, 5.41) is 15.5. The van der Waals surface area contributed by atoms with E-state index in [-0.39, 0.29) is 29.2 Å². The van der Waals surface area contributed by atoms with Gasteiger partial charge in [-0.2, -0.15) is 5.10 Å². The number of rotatable bonds is 2. The van der Waals surface area contributed by atoms with Crippen molar-refractivity contribution in [3.05, 3.63) is 51.7 Å². The number of hydrogen-bond donors (Lipinski definition) is 0. The Morgan fingerprint density at radius 2 is 2.04 bits per heavy atom. The van der Waals surface area contributed by atoms with E-state index in [1.165, 1.54) is 6.07 Å². The second-order valence-corrected chi connectivity index (χ2v) is 6.02. The third-order valence-corrected chi connectivity index (χ3v) is 4.23. The van der Waals surface area contributed by atoms with Crippen molar-refractivity contribution in [1.29, 1.82) is 0 Å². The van der Waals surface area contributed by atoms with Crippen molar-refractivity contribution >= 4 is 17.4 Å². The molecule has 2 heterocycles. The van der Waals surface area contributed by atoms with Gasteiger partial charge in [-0.1, -0.05) is 6.07 Å². The van der Waals surface area contributed by atoms with E-state index in [9.17, 15) is 14.9 Å². The van der Waals surface area contributed by atoms with E-state index >= 15 is 0 Å². The Bertz CT molecular complexity index is 783. The number of carbonyl (C=O) groups excluding carboxylic acids is 1. The average molecular weight is 314 g/mol. The molecule has 0 radical (unpaired) electrons. The van der Waals surface area contributed by atoms with Crippen LogP contribution in [0.4, 0.5) is 11.5 Å². The summed E-state index contributed by atoms with van der Waals surface area (Å²) in [4.78, 5) is 25.4. The van der Waals surface area contributed by atoms with E-state index < -0.39 is 4.92 Å². The summed E-state index contributed by atoms with van der Waals surface area (Å²) in [5.74, 6) is 0.318. The number of fused-ring (bicyclic) bond motifs is 1. The lowest BCUT2D eigenvalue weighted by atomic mass is 10.0. The van der Waals surface area contributed by atoms with Crippen LogP contribution < -0.4 is 4.90 Å². The quantitative estimate of drug-likeness (QED) is 0.630. The van der Waals surface area contributed by atoms with Gasteiger partial charge in [-0.25, -0.2) is 4.68 Å². The maximum atomic E-state index is 13.0. The lowest BCUT2D eigenvalue weighted by Gasteiger charge is -2.36. The Hall–Kier alpha value is -2.70. The molecule has 1 aliphatic heterocycles. The van der Waals surface area contributed by atoms with Crippen molar-refractivity contribution in [2.24, 2.45) is 0 Å². The SMILES string of the molecule is Cc1ccc([N+](=O)[O-])c(C(=O)N2c3ccnn3C(C)CC2C)c1.